The minimum atomic E-state index is -0.436. The second-order valence-corrected chi connectivity index (χ2v) is 5.55. The van der Waals surface area contributed by atoms with E-state index in [1.54, 1.807) is 13.1 Å². The SMILES string of the molecule is CCCc1occc1C(=O)NCC(=O)N1CCC[C@@H]1C(=O)NC. The molecule has 2 N–H and O–H groups in total. The molecule has 126 valence electrons. The first kappa shape index (κ1) is 17.1. The zero-order valence-corrected chi connectivity index (χ0v) is 13.6. The lowest BCUT2D eigenvalue weighted by atomic mass is 10.1. The molecule has 3 amide bonds. The highest BCUT2D eigenvalue weighted by Gasteiger charge is 2.33. The Bertz CT molecular complexity index is 582. The molecule has 0 spiro atoms. The molecule has 7 heteroatoms. The molecule has 23 heavy (non-hydrogen) atoms. The number of likely N-dealkylation sites (N-methyl/N-ethyl adjacent to an activating group) is 1. The molecule has 7 nitrogen and oxygen atoms in total. The van der Waals surface area contributed by atoms with Gasteiger partial charge < -0.3 is 20.0 Å². The molecule has 1 aromatic rings. The van der Waals surface area contributed by atoms with Gasteiger partial charge in [-0.3, -0.25) is 14.4 Å². The maximum absolute atomic E-state index is 12.3. The molecule has 0 saturated carbocycles. The van der Waals surface area contributed by atoms with Crippen molar-refractivity contribution >= 4 is 17.7 Å². The first-order chi connectivity index (χ1) is 11.1. The van der Waals surface area contributed by atoms with Crippen molar-refractivity contribution in [3.8, 4) is 0 Å². The molecule has 0 aliphatic carbocycles. The third-order valence-corrected chi connectivity index (χ3v) is 3.99. The molecule has 1 aliphatic rings. The summed E-state index contributed by atoms with van der Waals surface area (Å²) >= 11 is 0. The molecule has 0 bridgehead atoms. The maximum Gasteiger partial charge on any atom is 0.255 e. The van der Waals surface area contributed by atoms with Crippen LogP contribution in [0.15, 0.2) is 16.7 Å². The van der Waals surface area contributed by atoms with E-state index in [-0.39, 0.29) is 24.3 Å². The van der Waals surface area contributed by atoms with E-state index >= 15 is 0 Å². The standard InChI is InChI=1S/C16H23N3O4/c1-3-5-13-11(7-9-23-13)15(21)18-10-14(20)19-8-4-6-12(19)16(22)17-2/h7,9,12H,3-6,8,10H2,1-2H3,(H,17,22)(H,18,21)/t12-/m1/s1. The zero-order chi connectivity index (χ0) is 16.8. The minimum absolute atomic E-state index is 0.122. The number of carbonyl (C=O) groups is 3. The zero-order valence-electron chi connectivity index (χ0n) is 13.6. The molecule has 0 unspecified atom stereocenters. The smallest absolute Gasteiger partial charge is 0.255 e. The Morgan fingerprint density at radius 2 is 2.17 bits per heavy atom. The topological polar surface area (TPSA) is 91.7 Å². The van der Waals surface area contributed by atoms with Crippen LogP contribution in [0.5, 0.6) is 0 Å². The molecule has 0 aromatic carbocycles. The van der Waals surface area contributed by atoms with Gasteiger partial charge in [0.15, 0.2) is 0 Å². The maximum atomic E-state index is 12.3. The summed E-state index contributed by atoms with van der Waals surface area (Å²) in [6.45, 7) is 2.42. The summed E-state index contributed by atoms with van der Waals surface area (Å²) in [6.07, 6.45) is 4.47. The fraction of sp³-hybridized carbons (Fsp3) is 0.562. The number of amides is 3. The van der Waals surface area contributed by atoms with Crippen molar-refractivity contribution < 1.29 is 18.8 Å². The number of likely N-dealkylation sites (tertiary alicyclic amines) is 1. The summed E-state index contributed by atoms with van der Waals surface area (Å²) in [5.74, 6) is -0.111. The highest BCUT2D eigenvalue weighted by molar-refractivity contribution is 5.97. The van der Waals surface area contributed by atoms with E-state index in [2.05, 4.69) is 10.6 Å². The third kappa shape index (κ3) is 3.91. The number of hydrogen-bond acceptors (Lipinski definition) is 4. The number of hydrogen-bond donors (Lipinski definition) is 2. The van der Waals surface area contributed by atoms with Crippen LogP contribution in [0.25, 0.3) is 0 Å². The summed E-state index contributed by atoms with van der Waals surface area (Å²) in [5, 5.41) is 5.18. The molecular formula is C16H23N3O4. The van der Waals surface area contributed by atoms with Crippen molar-refractivity contribution in [2.24, 2.45) is 0 Å². The van der Waals surface area contributed by atoms with E-state index in [1.165, 1.54) is 11.2 Å². The molecule has 1 atom stereocenters. The summed E-state index contributed by atoms with van der Waals surface area (Å²) in [6, 6.07) is 1.17. The highest BCUT2D eigenvalue weighted by Crippen LogP contribution is 2.17. The monoisotopic (exact) mass is 321 g/mol. The Hall–Kier alpha value is -2.31. The van der Waals surface area contributed by atoms with Crippen molar-refractivity contribution in [1.29, 1.82) is 0 Å². The van der Waals surface area contributed by atoms with E-state index < -0.39 is 6.04 Å². The van der Waals surface area contributed by atoms with Crippen molar-refractivity contribution in [2.75, 3.05) is 20.1 Å². The van der Waals surface area contributed by atoms with Crippen LogP contribution in [0.1, 0.15) is 42.3 Å². The van der Waals surface area contributed by atoms with Gasteiger partial charge in [-0.15, -0.1) is 0 Å². The predicted molar refractivity (Wildman–Crippen MR) is 83.8 cm³/mol. The highest BCUT2D eigenvalue weighted by atomic mass is 16.3. The van der Waals surface area contributed by atoms with Crippen molar-refractivity contribution in [3.05, 3.63) is 23.7 Å². The van der Waals surface area contributed by atoms with Crippen molar-refractivity contribution in [1.82, 2.24) is 15.5 Å². The summed E-state index contributed by atoms with van der Waals surface area (Å²) < 4.78 is 5.29. The summed E-state index contributed by atoms with van der Waals surface area (Å²) in [7, 11) is 1.55. The van der Waals surface area contributed by atoms with Crippen LogP contribution < -0.4 is 10.6 Å². The van der Waals surface area contributed by atoms with Crippen molar-refractivity contribution in [2.45, 2.75) is 38.6 Å². The Balaban J connectivity index is 1.92. The normalized spacial score (nSPS) is 17.1. The van der Waals surface area contributed by atoms with Crippen molar-refractivity contribution in [3.63, 3.8) is 0 Å². The van der Waals surface area contributed by atoms with Gasteiger partial charge in [0.05, 0.1) is 18.4 Å². The van der Waals surface area contributed by atoms with E-state index in [1.807, 2.05) is 6.92 Å². The van der Waals surface area contributed by atoms with E-state index in [0.717, 1.165) is 12.8 Å². The molecular weight excluding hydrogens is 298 g/mol. The van der Waals surface area contributed by atoms with E-state index in [0.29, 0.717) is 30.7 Å². The molecule has 2 heterocycles. The summed E-state index contributed by atoms with van der Waals surface area (Å²) in [5.41, 5.74) is 0.462. The van der Waals surface area contributed by atoms with Crippen LogP contribution in [-0.4, -0.2) is 48.8 Å². The van der Waals surface area contributed by atoms with E-state index in [9.17, 15) is 14.4 Å². The lowest BCUT2D eigenvalue weighted by molar-refractivity contribution is -0.137. The average Bonchev–Trinajstić information content (AvgIpc) is 3.21. The number of carbonyl (C=O) groups excluding carboxylic acids is 3. The van der Waals surface area contributed by atoms with Gasteiger partial charge in [0.2, 0.25) is 11.8 Å². The number of aryl methyl sites for hydroxylation is 1. The molecule has 1 aliphatic heterocycles. The third-order valence-electron chi connectivity index (χ3n) is 3.99. The van der Waals surface area contributed by atoms with Gasteiger partial charge in [0.1, 0.15) is 11.8 Å². The molecule has 0 radical (unpaired) electrons. The minimum Gasteiger partial charge on any atom is -0.469 e. The first-order valence-electron chi connectivity index (χ1n) is 7.94. The van der Waals surface area contributed by atoms with Crippen LogP contribution in [0, 0.1) is 0 Å². The predicted octanol–water partition coefficient (Wildman–Crippen LogP) is 0.699. The Morgan fingerprint density at radius 3 is 2.87 bits per heavy atom. The number of furan rings is 1. The lowest BCUT2D eigenvalue weighted by Gasteiger charge is -2.23. The number of nitrogens with one attached hydrogen (secondary N) is 2. The van der Waals surface area contributed by atoms with Gasteiger partial charge in [-0.1, -0.05) is 6.92 Å². The second kappa shape index (κ2) is 7.80. The van der Waals surface area contributed by atoms with Gasteiger partial charge in [-0.2, -0.15) is 0 Å². The van der Waals surface area contributed by atoms with Crippen LogP contribution in [0.2, 0.25) is 0 Å². The molecule has 1 aromatic heterocycles. The molecule has 1 fully saturated rings. The molecule has 1 saturated heterocycles. The fourth-order valence-corrected chi connectivity index (χ4v) is 2.82. The lowest BCUT2D eigenvalue weighted by Crippen LogP contribution is -2.48. The van der Waals surface area contributed by atoms with Crippen LogP contribution in [-0.2, 0) is 16.0 Å². The van der Waals surface area contributed by atoms with Gasteiger partial charge in [0, 0.05) is 20.0 Å². The quantitative estimate of drug-likeness (QED) is 0.807. The van der Waals surface area contributed by atoms with Gasteiger partial charge >= 0.3 is 0 Å². The number of nitrogens with zero attached hydrogens (tertiary/aromatic N) is 1. The molecule has 2 rings (SSSR count). The Kier molecular flexibility index (Phi) is 5.78. The Labute approximate surface area is 135 Å². The largest absolute Gasteiger partial charge is 0.469 e. The Morgan fingerprint density at radius 1 is 1.39 bits per heavy atom. The first-order valence-corrected chi connectivity index (χ1v) is 7.94. The van der Waals surface area contributed by atoms with Gasteiger partial charge in [0.25, 0.3) is 5.91 Å². The average molecular weight is 321 g/mol. The van der Waals surface area contributed by atoms with Crippen LogP contribution in [0.4, 0.5) is 0 Å². The van der Waals surface area contributed by atoms with Gasteiger partial charge in [-0.25, -0.2) is 0 Å². The number of rotatable bonds is 6. The fourth-order valence-electron chi connectivity index (χ4n) is 2.82. The van der Waals surface area contributed by atoms with Gasteiger partial charge in [-0.05, 0) is 25.3 Å². The van der Waals surface area contributed by atoms with Crippen LogP contribution >= 0.6 is 0 Å². The second-order valence-electron chi connectivity index (χ2n) is 5.55. The van der Waals surface area contributed by atoms with E-state index in [4.69, 9.17) is 4.42 Å². The summed E-state index contributed by atoms with van der Waals surface area (Å²) in [4.78, 5) is 37.7. The van der Waals surface area contributed by atoms with Crippen LogP contribution in [0.3, 0.4) is 0 Å².